The highest BCUT2D eigenvalue weighted by Crippen LogP contribution is 2.51. The van der Waals surface area contributed by atoms with Gasteiger partial charge in [0.15, 0.2) is 0 Å². The molecule has 1 N–H and O–H groups in total. The maximum Gasteiger partial charge on any atom is 0.247 e. The molecule has 0 bridgehead atoms. The van der Waals surface area contributed by atoms with Crippen molar-refractivity contribution in [3.8, 4) is 0 Å². The van der Waals surface area contributed by atoms with Crippen LogP contribution in [0.3, 0.4) is 0 Å². The second kappa shape index (κ2) is 5.23. The summed E-state index contributed by atoms with van der Waals surface area (Å²) in [6, 6.07) is -0.274. The van der Waals surface area contributed by atoms with E-state index in [2.05, 4.69) is 19.2 Å². The second-order valence-electron chi connectivity index (χ2n) is 6.51. The van der Waals surface area contributed by atoms with E-state index in [1.54, 1.807) is 0 Å². The Kier molecular flexibility index (Phi) is 4.00. The van der Waals surface area contributed by atoms with Crippen molar-refractivity contribution >= 4 is 11.8 Å². The Morgan fingerprint density at radius 3 is 2.42 bits per heavy atom. The molecule has 4 heteroatoms. The fourth-order valence-electron chi connectivity index (χ4n) is 2.90. The summed E-state index contributed by atoms with van der Waals surface area (Å²) in [4.78, 5) is 25.7. The van der Waals surface area contributed by atoms with Gasteiger partial charge < -0.3 is 5.32 Å². The van der Waals surface area contributed by atoms with Gasteiger partial charge in [0.1, 0.15) is 0 Å². The first-order valence-electron chi connectivity index (χ1n) is 7.50. The molecule has 1 heterocycles. The van der Waals surface area contributed by atoms with Crippen molar-refractivity contribution in [2.24, 2.45) is 11.3 Å². The quantitative estimate of drug-likeness (QED) is 0.747. The van der Waals surface area contributed by atoms with Gasteiger partial charge in [-0.25, -0.2) is 0 Å². The maximum absolute atomic E-state index is 12.3. The first-order valence-corrected chi connectivity index (χ1v) is 7.50. The van der Waals surface area contributed by atoms with E-state index in [4.69, 9.17) is 0 Å². The molecule has 19 heavy (non-hydrogen) atoms. The highest BCUT2D eigenvalue weighted by atomic mass is 16.2. The van der Waals surface area contributed by atoms with E-state index in [9.17, 15) is 9.59 Å². The zero-order chi connectivity index (χ0) is 14.2. The monoisotopic (exact) mass is 266 g/mol. The van der Waals surface area contributed by atoms with Crippen LogP contribution in [0.2, 0.25) is 0 Å². The number of imide groups is 1. The second-order valence-corrected chi connectivity index (χ2v) is 6.51. The van der Waals surface area contributed by atoms with Gasteiger partial charge in [0.25, 0.3) is 0 Å². The lowest BCUT2D eigenvalue weighted by atomic mass is 9.92. The summed E-state index contributed by atoms with van der Waals surface area (Å²) in [7, 11) is 0. The van der Waals surface area contributed by atoms with Crippen molar-refractivity contribution in [2.75, 3.05) is 6.54 Å². The molecular formula is C15H26N2O2. The number of nitrogens with zero attached hydrogens (tertiary/aromatic N) is 1. The first kappa shape index (κ1) is 14.5. The molecule has 2 unspecified atom stereocenters. The Balaban J connectivity index is 1.93. The third-order valence-corrected chi connectivity index (χ3v) is 5.03. The number of hydrogen-bond donors (Lipinski definition) is 1. The fourth-order valence-corrected chi connectivity index (χ4v) is 2.90. The largest absolute Gasteiger partial charge is 0.305 e. The molecule has 1 saturated carbocycles. The highest BCUT2D eigenvalue weighted by molar-refractivity contribution is 6.05. The van der Waals surface area contributed by atoms with Gasteiger partial charge in [0.05, 0.1) is 12.5 Å². The molecule has 0 spiro atoms. The Bertz CT molecular complexity index is 374. The van der Waals surface area contributed by atoms with Gasteiger partial charge in [-0.2, -0.15) is 0 Å². The molecule has 1 aliphatic heterocycles. The number of amides is 2. The van der Waals surface area contributed by atoms with Crippen LogP contribution in [0, 0.1) is 11.3 Å². The zero-order valence-electron chi connectivity index (χ0n) is 12.5. The lowest BCUT2D eigenvalue weighted by Gasteiger charge is -2.24. The van der Waals surface area contributed by atoms with Crippen LogP contribution in [0.5, 0.6) is 0 Å². The average molecular weight is 266 g/mol. The Morgan fingerprint density at radius 2 is 1.95 bits per heavy atom. The van der Waals surface area contributed by atoms with E-state index in [-0.39, 0.29) is 23.9 Å². The van der Waals surface area contributed by atoms with Gasteiger partial charge >= 0.3 is 0 Å². The summed E-state index contributed by atoms with van der Waals surface area (Å²) in [5.41, 5.74) is 0.368. The van der Waals surface area contributed by atoms with Crippen LogP contribution in [0.15, 0.2) is 0 Å². The van der Waals surface area contributed by atoms with E-state index in [0.29, 0.717) is 17.8 Å². The smallest absolute Gasteiger partial charge is 0.247 e. The summed E-state index contributed by atoms with van der Waals surface area (Å²) in [6.45, 7) is 9.28. The molecule has 2 rings (SSSR count). The minimum absolute atomic E-state index is 0.0202. The van der Waals surface area contributed by atoms with Gasteiger partial charge in [0, 0.05) is 12.6 Å². The van der Waals surface area contributed by atoms with E-state index in [1.165, 1.54) is 17.7 Å². The number of carbonyl (C=O) groups excluding carboxylic acids is 2. The topological polar surface area (TPSA) is 49.4 Å². The third kappa shape index (κ3) is 2.69. The van der Waals surface area contributed by atoms with E-state index >= 15 is 0 Å². The molecule has 2 fully saturated rings. The summed E-state index contributed by atoms with van der Waals surface area (Å²) >= 11 is 0. The lowest BCUT2D eigenvalue weighted by Crippen LogP contribution is -2.44. The SMILES string of the molecule is CCC(C)N1C(=O)CC(NCC2(C(C)C)CC2)C1=O. The average Bonchev–Trinajstić information content (AvgIpc) is 3.10. The van der Waals surface area contributed by atoms with E-state index < -0.39 is 0 Å². The highest BCUT2D eigenvalue weighted by Gasteiger charge is 2.47. The van der Waals surface area contributed by atoms with Gasteiger partial charge in [-0.05, 0) is 37.5 Å². The van der Waals surface area contributed by atoms with Crippen molar-refractivity contribution in [3.05, 3.63) is 0 Å². The Hall–Kier alpha value is -0.900. The third-order valence-electron chi connectivity index (χ3n) is 5.03. The molecule has 0 radical (unpaired) electrons. The van der Waals surface area contributed by atoms with Crippen LogP contribution < -0.4 is 5.32 Å². The Labute approximate surface area is 115 Å². The van der Waals surface area contributed by atoms with Crippen LogP contribution in [0.4, 0.5) is 0 Å². The number of likely N-dealkylation sites (tertiary alicyclic amines) is 1. The normalized spacial score (nSPS) is 27.2. The molecule has 2 aliphatic rings. The van der Waals surface area contributed by atoms with Gasteiger partial charge in [-0.15, -0.1) is 0 Å². The number of carbonyl (C=O) groups is 2. The fraction of sp³-hybridized carbons (Fsp3) is 0.867. The first-order chi connectivity index (χ1) is 8.91. The maximum atomic E-state index is 12.3. The minimum atomic E-state index is -0.294. The summed E-state index contributed by atoms with van der Waals surface area (Å²) in [6.07, 6.45) is 3.63. The molecule has 1 aliphatic carbocycles. The summed E-state index contributed by atoms with van der Waals surface area (Å²) < 4.78 is 0. The summed E-state index contributed by atoms with van der Waals surface area (Å²) in [5, 5.41) is 3.34. The van der Waals surface area contributed by atoms with Gasteiger partial charge in [-0.1, -0.05) is 20.8 Å². The van der Waals surface area contributed by atoms with Gasteiger partial charge in [-0.3, -0.25) is 14.5 Å². The minimum Gasteiger partial charge on any atom is -0.305 e. The molecule has 0 aromatic carbocycles. The molecule has 108 valence electrons. The number of rotatable bonds is 6. The Morgan fingerprint density at radius 1 is 1.32 bits per heavy atom. The van der Waals surface area contributed by atoms with Crippen LogP contribution in [-0.2, 0) is 9.59 Å². The number of nitrogens with one attached hydrogen (secondary N) is 1. The molecule has 0 aromatic heterocycles. The molecule has 1 saturated heterocycles. The zero-order valence-corrected chi connectivity index (χ0v) is 12.5. The van der Waals surface area contributed by atoms with Crippen molar-refractivity contribution in [1.29, 1.82) is 0 Å². The lowest BCUT2D eigenvalue weighted by molar-refractivity contribution is -0.141. The predicted molar refractivity (Wildman–Crippen MR) is 74.5 cm³/mol. The predicted octanol–water partition coefficient (Wildman–Crippen LogP) is 1.94. The standard InChI is InChI=1S/C15H26N2O2/c1-5-11(4)17-13(18)8-12(14(17)19)16-9-15(6-7-15)10(2)3/h10-12,16H,5-9H2,1-4H3. The van der Waals surface area contributed by atoms with Crippen molar-refractivity contribution in [1.82, 2.24) is 10.2 Å². The van der Waals surface area contributed by atoms with Crippen LogP contribution in [-0.4, -0.2) is 35.3 Å². The van der Waals surface area contributed by atoms with Crippen LogP contribution in [0.25, 0.3) is 0 Å². The van der Waals surface area contributed by atoms with Crippen LogP contribution in [0.1, 0.15) is 53.4 Å². The molecule has 4 nitrogen and oxygen atoms in total. The van der Waals surface area contributed by atoms with Crippen molar-refractivity contribution < 1.29 is 9.59 Å². The van der Waals surface area contributed by atoms with Crippen molar-refractivity contribution in [3.63, 3.8) is 0 Å². The van der Waals surface area contributed by atoms with E-state index in [1.807, 2.05) is 13.8 Å². The number of hydrogen-bond acceptors (Lipinski definition) is 3. The molecule has 0 aromatic rings. The summed E-state index contributed by atoms with van der Waals surface area (Å²) in [5.74, 6) is 0.586. The molecule has 2 amide bonds. The molecular weight excluding hydrogens is 240 g/mol. The van der Waals surface area contributed by atoms with Gasteiger partial charge in [0.2, 0.25) is 11.8 Å². The molecule has 2 atom stereocenters. The van der Waals surface area contributed by atoms with Crippen molar-refractivity contribution in [2.45, 2.75) is 65.5 Å². The van der Waals surface area contributed by atoms with Crippen LogP contribution >= 0.6 is 0 Å². The van der Waals surface area contributed by atoms with E-state index in [0.717, 1.165) is 13.0 Å².